The monoisotopic (exact) mass is 362 g/mol. The van der Waals surface area contributed by atoms with Gasteiger partial charge in [0.1, 0.15) is 22.3 Å². The Morgan fingerprint density at radius 1 is 1.30 bits per heavy atom. The van der Waals surface area contributed by atoms with Crippen molar-refractivity contribution in [1.82, 2.24) is 0 Å². The number of rotatable bonds is 7. The molecule has 0 saturated carbocycles. The second-order valence-corrected chi connectivity index (χ2v) is 4.54. The Morgan fingerprint density at radius 2 is 2.00 bits per heavy atom. The van der Waals surface area contributed by atoms with Crippen LogP contribution in [0.25, 0.3) is 0 Å². The summed E-state index contributed by atoms with van der Waals surface area (Å²) in [6, 6.07) is 5.22. The summed E-state index contributed by atoms with van der Waals surface area (Å²) in [5.41, 5.74) is 0. The average molecular weight is 364 g/mol. The minimum Gasteiger partial charge on any atom is -0.492 e. The lowest BCUT2D eigenvalue weighted by Crippen LogP contribution is -2.05. The van der Waals surface area contributed by atoms with Crippen LogP contribution in [0.15, 0.2) is 30.0 Å². The third kappa shape index (κ3) is 5.06. The Kier molecular flexibility index (Phi) is 7.47. The number of carbonyl (C=O) groups is 1. The van der Waals surface area contributed by atoms with E-state index in [1.54, 1.807) is 25.1 Å². The van der Waals surface area contributed by atoms with Gasteiger partial charge in [0.05, 0.1) is 24.6 Å². The first-order chi connectivity index (χ1) is 9.62. The molecule has 6 heteroatoms. The van der Waals surface area contributed by atoms with Crippen LogP contribution in [0.3, 0.4) is 0 Å². The molecule has 4 nitrogen and oxygen atoms in total. The third-order valence-electron chi connectivity index (χ3n) is 2.17. The zero-order valence-corrected chi connectivity index (χ0v) is 13.7. The van der Waals surface area contributed by atoms with Gasteiger partial charge in [0.15, 0.2) is 0 Å². The van der Waals surface area contributed by atoms with E-state index < -0.39 is 5.97 Å². The fraction of sp³-hybridized carbons (Fsp3) is 0.357. The summed E-state index contributed by atoms with van der Waals surface area (Å²) in [6.45, 7) is 4.43. The Balaban J connectivity index is 2.90. The van der Waals surface area contributed by atoms with Crippen LogP contribution < -0.4 is 9.47 Å². The molecule has 0 fully saturated rings. The van der Waals surface area contributed by atoms with Gasteiger partial charge in [-0.3, -0.25) is 0 Å². The van der Waals surface area contributed by atoms with Crippen molar-refractivity contribution in [2.75, 3.05) is 18.5 Å². The highest BCUT2D eigenvalue weighted by Gasteiger charge is 2.11. The molecule has 0 saturated heterocycles. The molecule has 0 radical (unpaired) electrons. The molecule has 0 amide bonds. The van der Waals surface area contributed by atoms with Gasteiger partial charge in [0, 0.05) is 0 Å². The molecular formula is C14H16BrClO4. The number of hydrogen-bond donors (Lipinski definition) is 0. The van der Waals surface area contributed by atoms with Gasteiger partial charge in [0.25, 0.3) is 0 Å². The molecule has 0 bridgehead atoms. The van der Waals surface area contributed by atoms with E-state index in [1.165, 1.54) is 6.08 Å². The van der Waals surface area contributed by atoms with E-state index in [-0.39, 0.29) is 0 Å². The van der Waals surface area contributed by atoms with E-state index in [9.17, 15) is 4.79 Å². The van der Waals surface area contributed by atoms with Gasteiger partial charge in [-0.15, -0.1) is 0 Å². The molecule has 1 aromatic carbocycles. The van der Waals surface area contributed by atoms with Gasteiger partial charge >= 0.3 is 5.97 Å². The maximum absolute atomic E-state index is 11.4. The lowest BCUT2D eigenvalue weighted by molar-refractivity contribution is -0.137. The van der Waals surface area contributed by atoms with E-state index in [0.717, 1.165) is 0 Å². The van der Waals surface area contributed by atoms with Crippen LogP contribution in [0.5, 0.6) is 11.5 Å². The molecule has 1 rings (SSSR count). The first-order valence-corrected chi connectivity index (χ1v) is 7.64. The molecule has 0 aliphatic heterocycles. The zero-order chi connectivity index (χ0) is 15.0. The number of esters is 1. The number of alkyl halides is 1. The highest BCUT2D eigenvalue weighted by atomic mass is 79.9. The predicted molar refractivity (Wildman–Crippen MR) is 81.8 cm³/mol. The minimum atomic E-state index is -0.459. The minimum absolute atomic E-state index is 0.311. The number of benzene rings is 1. The molecule has 0 aliphatic rings. The summed E-state index contributed by atoms with van der Waals surface area (Å²) in [6.07, 6.45) is 1.28. The van der Waals surface area contributed by atoms with Crippen molar-refractivity contribution in [3.8, 4) is 11.5 Å². The summed E-state index contributed by atoms with van der Waals surface area (Å²) >= 11 is 9.43. The summed E-state index contributed by atoms with van der Waals surface area (Å²) in [7, 11) is 0. The van der Waals surface area contributed by atoms with Gasteiger partial charge in [-0.1, -0.05) is 33.6 Å². The van der Waals surface area contributed by atoms with Crippen LogP contribution in [0.1, 0.15) is 13.8 Å². The van der Waals surface area contributed by atoms with Gasteiger partial charge in [-0.05, 0) is 26.0 Å². The van der Waals surface area contributed by atoms with Crippen molar-refractivity contribution < 1.29 is 19.0 Å². The molecule has 0 spiro atoms. The predicted octanol–water partition coefficient (Wildman–Crippen LogP) is 3.96. The summed E-state index contributed by atoms with van der Waals surface area (Å²) in [5, 5.41) is 0.728. The van der Waals surface area contributed by atoms with Crippen LogP contribution in [0.4, 0.5) is 0 Å². The zero-order valence-electron chi connectivity index (χ0n) is 11.3. The fourth-order valence-corrected chi connectivity index (χ4v) is 1.88. The van der Waals surface area contributed by atoms with Crippen molar-refractivity contribution in [2.45, 2.75) is 13.8 Å². The number of hydrogen-bond acceptors (Lipinski definition) is 4. The van der Waals surface area contributed by atoms with Gasteiger partial charge < -0.3 is 14.2 Å². The summed E-state index contributed by atoms with van der Waals surface area (Å²) in [5.74, 6) is 0.905. The molecule has 1 aromatic rings. The number of ether oxygens (including phenoxy) is 3. The fourth-order valence-electron chi connectivity index (χ4n) is 1.39. The maximum atomic E-state index is 11.4. The smallest absolute Gasteiger partial charge is 0.334 e. The van der Waals surface area contributed by atoms with E-state index in [1.807, 2.05) is 6.92 Å². The van der Waals surface area contributed by atoms with Crippen LogP contribution in [0.2, 0.25) is 5.02 Å². The molecule has 110 valence electrons. The normalized spacial score (nSPS) is 11.1. The van der Waals surface area contributed by atoms with Crippen molar-refractivity contribution >= 4 is 33.5 Å². The Hall–Kier alpha value is -1.20. The van der Waals surface area contributed by atoms with Gasteiger partial charge in [-0.25, -0.2) is 4.79 Å². The molecule has 0 atom stereocenters. The van der Waals surface area contributed by atoms with Gasteiger partial charge in [0.2, 0.25) is 0 Å². The largest absolute Gasteiger partial charge is 0.492 e. The number of carbonyl (C=O) groups excluding carboxylic acids is 1. The molecule has 0 aliphatic carbocycles. The quantitative estimate of drug-likeness (QED) is 0.318. The molecule has 0 unspecified atom stereocenters. The molecule has 0 aromatic heterocycles. The first kappa shape index (κ1) is 16.9. The second kappa shape index (κ2) is 8.87. The van der Waals surface area contributed by atoms with E-state index in [2.05, 4.69) is 15.9 Å². The average Bonchev–Trinajstić information content (AvgIpc) is 2.42. The highest BCUT2D eigenvalue weighted by molar-refractivity contribution is 9.09. The van der Waals surface area contributed by atoms with Crippen LogP contribution in [0, 0.1) is 0 Å². The van der Waals surface area contributed by atoms with Crippen molar-refractivity contribution in [1.29, 1.82) is 0 Å². The molecule has 0 heterocycles. The topological polar surface area (TPSA) is 44.8 Å². The standard InChI is InChI=1S/C14H16BrClO4/c1-3-18-11-6-5-7-12(14(11)16)20-10(9-15)8-13(17)19-4-2/h5-8H,3-4,9H2,1-2H3. The van der Waals surface area contributed by atoms with Gasteiger partial charge in [-0.2, -0.15) is 0 Å². The van der Waals surface area contributed by atoms with Crippen molar-refractivity contribution in [3.63, 3.8) is 0 Å². The maximum Gasteiger partial charge on any atom is 0.334 e. The number of halogens is 2. The van der Waals surface area contributed by atoms with E-state index >= 15 is 0 Å². The Bertz CT molecular complexity index is 488. The highest BCUT2D eigenvalue weighted by Crippen LogP contribution is 2.34. The lowest BCUT2D eigenvalue weighted by atomic mass is 10.3. The lowest BCUT2D eigenvalue weighted by Gasteiger charge is -2.12. The third-order valence-corrected chi connectivity index (χ3v) is 3.09. The molecule has 0 N–H and O–H groups in total. The SMILES string of the molecule is CCOC(=O)C=C(CBr)Oc1cccc(OCC)c1Cl. The second-order valence-electron chi connectivity index (χ2n) is 3.60. The first-order valence-electron chi connectivity index (χ1n) is 6.14. The Morgan fingerprint density at radius 3 is 2.60 bits per heavy atom. The molecule has 20 heavy (non-hydrogen) atoms. The van der Waals surface area contributed by atoms with Crippen molar-refractivity contribution in [3.05, 3.63) is 35.1 Å². The van der Waals surface area contributed by atoms with Crippen LogP contribution in [-0.4, -0.2) is 24.5 Å². The van der Waals surface area contributed by atoms with E-state index in [4.69, 9.17) is 25.8 Å². The van der Waals surface area contributed by atoms with Crippen molar-refractivity contribution in [2.24, 2.45) is 0 Å². The van der Waals surface area contributed by atoms with Crippen LogP contribution in [-0.2, 0) is 9.53 Å². The molecular weight excluding hydrogens is 348 g/mol. The summed E-state index contributed by atoms with van der Waals surface area (Å²) < 4.78 is 15.8. The summed E-state index contributed by atoms with van der Waals surface area (Å²) in [4.78, 5) is 11.4. The Labute approximate surface area is 131 Å². The number of allylic oxidation sites excluding steroid dienone is 1. The van der Waals surface area contributed by atoms with Crippen LogP contribution >= 0.6 is 27.5 Å². The van der Waals surface area contributed by atoms with E-state index in [0.29, 0.717) is 40.8 Å².